The van der Waals surface area contributed by atoms with Crippen LogP contribution in [0, 0.1) is 11.3 Å². The first-order chi connectivity index (χ1) is 15.3. The number of aromatic nitrogens is 4. The highest BCUT2D eigenvalue weighted by Crippen LogP contribution is 2.39. The van der Waals surface area contributed by atoms with Crippen LogP contribution in [-0.2, 0) is 30.7 Å². The Balaban J connectivity index is 1.33. The van der Waals surface area contributed by atoms with E-state index < -0.39 is 5.97 Å². The van der Waals surface area contributed by atoms with E-state index in [0.717, 1.165) is 49.2 Å². The van der Waals surface area contributed by atoms with Crippen molar-refractivity contribution in [2.45, 2.75) is 53.1 Å². The van der Waals surface area contributed by atoms with Gasteiger partial charge in [0.15, 0.2) is 5.69 Å². The van der Waals surface area contributed by atoms with E-state index in [1.54, 1.807) is 0 Å². The Labute approximate surface area is 187 Å². The summed E-state index contributed by atoms with van der Waals surface area (Å²) < 4.78 is 7.71. The zero-order valence-corrected chi connectivity index (χ0v) is 18.8. The van der Waals surface area contributed by atoms with E-state index in [1.807, 2.05) is 24.3 Å². The van der Waals surface area contributed by atoms with Gasteiger partial charge in [0.05, 0.1) is 5.92 Å². The van der Waals surface area contributed by atoms with E-state index in [-0.39, 0.29) is 11.3 Å². The molecule has 8 nitrogen and oxygen atoms in total. The zero-order chi connectivity index (χ0) is 22.5. The fraction of sp³-hybridized carbons (Fsp3) is 0.500. The van der Waals surface area contributed by atoms with Crippen molar-refractivity contribution in [3.05, 3.63) is 41.1 Å². The van der Waals surface area contributed by atoms with Crippen molar-refractivity contribution in [2.24, 2.45) is 11.3 Å². The lowest BCUT2D eigenvalue weighted by atomic mass is 9.76. The monoisotopic (exact) mass is 435 g/mol. The SMILES string of the molecule is CCn1nc(-c2nc(-c3ccc(CN4CC(C(=O)O)C4)cc3)no2)c2c1CC(C)(C)CC2. The minimum absolute atomic E-state index is 0.236. The molecule has 0 spiro atoms. The minimum atomic E-state index is -0.710. The molecule has 1 aliphatic carbocycles. The van der Waals surface area contributed by atoms with Gasteiger partial charge in [-0.05, 0) is 37.2 Å². The number of nitrogens with zero attached hydrogens (tertiary/aromatic N) is 5. The maximum atomic E-state index is 11.0. The number of benzene rings is 1. The van der Waals surface area contributed by atoms with Gasteiger partial charge in [-0.15, -0.1) is 0 Å². The van der Waals surface area contributed by atoms with Gasteiger partial charge in [0.2, 0.25) is 5.82 Å². The van der Waals surface area contributed by atoms with Crippen LogP contribution in [0.2, 0.25) is 0 Å². The first-order valence-corrected chi connectivity index (χ1v) is 11.3. The van der Waals surface area contributed by atoms with Crippen molar-refractivity contribution >= 4 is 5.97 Å². The molecule has 1 fully saturated rings. The fourth-order valence-corrected chi connectivity index (χ4v) is 4.74. The van der Waals surface area contributed by atoms with Crippen molar-refractivity contribution < 1.29 is 14.4 Å². The molecule has 0 radical (unpaired) electrons. The Morgan fingerprint density at radius 1 is 1.25 bits per heavy atom. The number of aryl methyl sites for hydroxylation is 1. The number of rotatable bonds is 6. The summed E-state index contributed by atoms with van der Waals surface area (Å²) in [7, 11) is 0. The van der Waals surface area contributed by atoms with E-state index in [4.69, 9.17) is 14.7 Å². The predicted molar refractivity (Wildman–Crippen MR) is 119 cm³/mol. The number of aliphatic carboxylic acids is 1. The van der Waals surface area contributed by atoms with E-state index in [9.17, 15) is 4.79 Å². The van der Waals surface area contributed by atoms with Gasteiger partial charge in [-0.25, -0.2) is 0 Å². The molecule has 1 aromatic carbocycles. The van der Waals surface area contributed by atoms with E-state index in [1.165, 1.54) is 11.3 Å². The molecule has 2 aliphatic rings. The van der Waals surface area contributed by atoms with Crippen LogP contribution >= 0.6 is 0 Å². The van der Waals surface area contributed by atoms with Crippen molar-refractivity contribution in [1.82, 2.24) is 24.8 Å². The maximum Gasteiger partial charge on any atom is 0.309 e. The summed E-state index contributed by atoms with van der Waals surface area (Å²) in [6, 6.07) is 8.05. The quantitative estimate of drug-likeness (QED) is 0.631. The Bertz CT molecular complexity index is 1140. The molecule has 32 heavy (non-hydrogen) atoms. The van der Waals surface area contributed by atoms with Crippen LogP contribution in [-0.4, -0.2) is 49.0 Å². The number of hydrogen-bond acceptors (Lipinski definition) is 6. The molecule has 3 heterocycles. The maximum absolute atomic E-state index is 11.0. The number of carboxylic acid groups (broad SMARTS) is 1. The average molecular weight is 436 g/mol. The third kappa shape index (κ3) is 3.83. The smallest absolute Gasteiger partial charge is 0.309 e. The van der Waals surface area contributed by atoms with Crippen LogP contribution in [0.3, 0.4) is 0 Å². The van der Waals surface area contributed by atoms with Crippen LogP contribution in [0.25, 0.3) is 23.0 Å². The predicted octanol–water partition coefficient (Wildman–Crippen LogP) is 3.65. The lowest BCUT2D eigenvalue weighted by molar-refractivity contribution is -0.147. The summed E-state index contributed by atoms with van der Waals surface area (Å²) in [5.41, 5.74) is 5.66. The molecule has 1 aliphatic heterocycles. The van der Waals surface area contributed by atoms with Crippen LogP contribution in [0.15, 0.2) is 28.8 Å². The Kier molecular flexibility index (Phi) is 5.12. The molecule has 8 heteroatoms. The highest BCUT2D eigenvalue weighted by atomic mass is 16.5. The molecule has 0 atom stereocenters. The molecule has 0 amide bonds. The number of carbonyl (C=O) groups is 1. The molecule has 0 unspecified atom stereocenters. The van der Waals surface area contributed by atoms with Gasteiger partial charge in [0.1, 0.15) is 0 Å². The Morgan fingerprint density at radius 2 is 2.00 bits per heavy atom. The minimum Gasteiger partial charge on any atom is -0.481 e. The van der Waals surface area contributed by atoms with Gasteiger partial charge in [0, 0.05) is 43.0 Å². The topological polar surface area (TPSA) is 97.3 Å². The third-order valence-electron chi connectivity index (χ3n) is 6.72. The van der Waals surface area contributed by atoms with Crippen LogP contribution in [0.4, 0.5) is 0 Å². The summed E-state index contributed by atoms with van der Waals surface area (Å²) in [5, 5.41) is 18.0. The fourth-order valence-electron chi connectivity index (χ4n) is 4.74. The van der Waals surface area contributed by atoms with Crippen LogP contribution in [0.5, 0.6) is 0 Å². The van der Waals surface area contributed by atoms with Crippen LogP contribution in [0.1, 0.15) is 44.0 Å². The molecular formula is C24H29N5O3. The third-order valence-corrected chi connectivity index (χ3v) is 6.72. The summed E-state index contributed by atoms with van der Waals surface area (Å²) in [6.45, 7) is 9.52. The summed E-state index contributed by atoms with van der Waals surface area (Å²) in [5.74, 6) is 0.0863. The lowest BCUT2D eigenvalue weighted by Crippen LogP contribution is -2.49. The molecule has 2 aromatic heterocycles. The number of likely N-dealkylation sites (tertiary alicyclic amines) is 1. The number of carboxylic acids is 1. The Hall–Kier alpha value is -3.00. The van der Waals surface area contributed by atoms with Gasteiger partial charge in [-0.2, -0.15) is 10.1 Å². The van der Waals surface area contributed by atoms with Crippen molar-refractivity contribution in [2.75, 3.05) is 13.1 Å². The lowest BCUT2D eigenvalue weighted by Gasteiger charge is -2.36. The summed E-state index contributed by atoms with van der Waals surface area (Å²) in [4.78, 5) is 17.8. The molecule has 0 bridgehead atoms. The molecule has 1 saturated heterocycles. The first-order valence-electron chi connectivity index (χ1n) is 11.3. The number of fused-ring (bicyclic) bond motifs is 1. The van der Waals surface area contributed by atoms with E-state index in [2.05, 4.69) is 40.5 Å². The summed E-state index contributed by atoms with van der Waals surface area (Å²) in [6.07, 6.45) is 3.11. The average Bonchev–Trinajstić information content (AvgIpc) is 3.34. The van der Waals surface area contributed by atoms with Gasteiger partial charge in [0.25, 0.3) is 5.89 Å². The standard InChI is InChI=1S/C24H29N5O3/c1-4-29-19-11-24(2,3)10-9-18(19)20(26-29)22-25-21(27-32-22)16-7-5-15(6-8-16)12-28-13-17(14-28)23(30)31/h5-8,17H,4,9-14H2,1-3H3,(H,30,31). The summed E-state index contributed by atoms with van der Waals surface area (Å²) >= 11 is 0. The second kappa shape index (κ2) is 7.85. The molecule has 0 saturated carbocycles. The molecular weight excluding hydrogens is 406 g/mol. The van der Waals surface area contributed by atoms with Crippen molar-refractivity contribution in [3.8, 4) is 23.0 Å². The number of hydrogen-bond donors (Lipinski definition) is 1. The first kappa shape index (κ1) is 20.9. The highest BCUT2D eigenvalue weighted by Gasteiger charge is 2.33. The second-order valence-corrected chi connectivity index (χ2v) is 9.78. The zero-order valence-electron chi connectivity index (χ0n) is 18.8. The molecule has 168 valence electrons. The van der Waals surface area contributed by atoms with Gasteiger partial charge in [-0.3, -0.25) is 14.4 Å². The molecule has 5 rings (SSSR count). The van der Waals surface area contributed by atoms with Gasteiger partial charge < -0.3 is 9.63 Å². The molecule has 1 N–H and O–H groups in total. The van der Waals surface area contributed by atoms with Crippen molar-refractivity contribution in [3.63, 3.8) is 0 Å². The van der Waals surface area contributed by atoms with E-state index >= 15 is 0 Å². The van der Waals surface area contributed by atoms with Crippen molar-refractivity contribution in [1.29, 1.82) is 0 Å². The second-order valence-electron chi connectivity index (χ2n) is 9.78. The molecule has 3 aromatic rings. The van der Waals surface area contributed by atoms with E-state index in [0.29, 0.717) is 24.8 Å². The van der Waals surface area contributed by atoms with Gasteiger partial charge in [-0.1, -0.05) is 43.3 Å². The van der Waals surface area contributed by atoms with Gasteiger partial charge >= 0.3 is 5.97 Å². The normalized spacial score (nSPS) is 18.3. The largest absolute Gasteiger partial charge is 0.481 e. The van der Waals surface area contributed by atoms with Crippen LogP contribution < -0.4 is 0 Å². The Morgan fingerprint density at radius 3 is 2.69 bits per heavy atom. The highest BCUT2D eigenvalue weighted by molar-refractivity contribution is 5.71.